The van der Waals surface area contributed by atoms with E-state index in [0.29, 0.717) is 5.56 Å². The fourth-order valence-corrected chi connectivity index (χ4v) is 1.45. The number of nitrogens with zero attached hydrogens (tertiary/aromatic N) is 4. The smallest absolute Gasteiger partial charge is 0.308 e. The summed E-state index contributed by atoms with van der Waals surface area (Å²) in [6, 6.07) is 1.36. The van der Waals surface area contributed by atoms with Gasteiger partial charge < -0.3 is 10.1 Å². The van der Waals surface area contributed by atoms with Crippen LogP contribution in [0.5, 0.6) is 0 Å². The van der Waals surface area contributed by atoms with Gasteiger partial charge in [-0.1, -0.05) is 6.92 Å². The van der Waals surface area contributed by atoms with Crippen LogP contribution in [0.25, 0.3) is 11.4 Å². The Balaban J connectivity index is 2.37. The average molecular weight is 249 g/mol. The minimum absolute atomic E-state index is 0.103. The number of hydrogen-bond donors (Lipinski definition) is 2. The summed E-state index contributed by atoms with van der Waals surface area (Å²) in [5.41, 5.74) is 0.0767. The second-order valence-corrected chi connectivity index (χ2v) is 3.85. The summed E-state index contributed by atoms with van der Waals surface area (Å²) in [4.78, 5) is 25.2. The molecule has 18 heavy (non-hydrogen) atoms. The summed E-state index contributed by atoms with van der Waals surface area (Å²) in [6.45, 7) is 1.65. The Morgan fingerprint density at radius 2 is 2.39 bits per heavy atom. The number of pyridine rings is 1. The van der Waals surface area contributed by atoms with Crippen LogP contribution in [0.1, 0.15) is 6.92 Å². The number of carboxylic acid groups (broad SMARTS) is 1. The molecule has 0 radical (unpaired) electrons. The van der Waals surface area contributed by atoms with Crippen LogP contribution in [0.2, 0.25) is 0 Å². The lowest BCUT2D eigenvalue weighted by Gasteiger charge is -2.07. The molecule has 2 N–H and O–H groups in total. The highest BCUT2D eigenvalue weighted by Crippen LogP contribution is 2.11. The zero-order valence-corrected chi connectivity index (χ0v) is 9.57. The van der Waals surface area contributed by atoms with Crippen molar-refractivity contribution in [1.82, 2.24) is 25.2 Å². The zero-order chi connectivity index (χ0) is 13.1. The Labute approximate surface area is 101 Å². The second kappa shape index (κ2) is 4.78. The van der Waals surface area contributed by atoms with Crippen molar-refractivity contribution in [3.8, 4) is 11.4 Å². The number of nitrogens with one attached hydrogen (secondary N) is 1. The molecule has 1 unspecified atom stereocenters. The van der Waals surface area contributed by atoms with Gasteiger partial charge in [-0.25, -0.2) is 4.68 Å². The van der Waals surface area contributed by atoms with Gasteiger partial charge in [-0.3, -0.25) is 9.59 Å². The van der Waals surface area contributed by atoms with E-state index in [9.17, 15) is 9.59 Å². The van der Waals surface area contributed by atoms with Crippen molar-refractivity contribution in [2.45, 2.75) is 13.5 Å². The maximum Gasteiger partial charge on any atom is 0.308 e. The lowest BCUT2D eigenvalue weighted by molar-refractivity contribution is -0.141. The van der Waals surface area contributed by atoms with Crippen LogP contribution >= 0.6 is 0 Å². The van der Waals surface area contributed by atoms with E-state index in [-0.39, 0.29) is 17.8 Å². The van der Waals surface area contributed by atoms with Gasteiger partial charge in [0.15, 0.2) is 11.3 Å². The van der Waals surface area contributed by atoms with E-state index in [1.54, 1.807) is 6.92 Å². The largest absolute Gasteiger partial charge is 0.481 e. The van der Waals surface area contributed by atoms with Crippen molar-refractivity contribution < 1.29 is 9.90 Å². The minimum Gasteiger partial charge on any atom is -0.481 e. The molecule has 0 aliphatic rings. The predicted molar refractivity (Wildman–Crippen MR) is 60.7 cm³/mol. The molecule has 8 nitrogen and oxygen atoms in total. The lowest BCUT2D eigenvalue weighted by atomic mass is 10.2. The molecule has 8 heteroatoms. The number of rotatable bonds is 4. The van der Waals surface area contributed by atoms with Gasteiger partial charge in [-0.05, 0) is 10.4 Å². The van der Waals surface area contributed by atoms with Crippen molar-refractivity contribution in [2.75, 3.05) is 0 Å². The summed E-state index contributed by atoms with van der Waals surface area (Å²) in [5, 5.41) is 19.8. The zero-order valence-electron chi connectivity index (χ0n) is 9.57. The summed E-state index contributed by atoms with van der Waals surface area (Å²) in [6.07, 6.45) is 2.98. The van der Waals surface area contributed by atoms with E-state index < -0.39 is 11.9 Å². The number of H-pyrrole nitrogens is 1. The molecule has 0 saturated heterocycles. The molecule has 0 bridgehead atoms. The monoisotopic (exact) mass is 249 g/mol. The Morgan fingerprint density at radius 3 is 3.06 bits per heavy atom. The molecule has 2 aromatic heterocycles. The molecular weight excluding hydrogens is 238 g/mol. The molecule has 2 rings (SSSR count). The predicted octanol–water partition coefficient (Wildman–Crippen LogP) is -0.251. The molecule has 0 aliphatic heterocycles. The third-order valence-corrected chi connectivity index (χ3v) is 2.47. The molecule has 0 saturated carbocycles. The number of aromatic amines is 1. The van der Waals surface area contributed by atoms with Gasteiger partial charge >= 0.3 is 5.97 Å². The van der Waals surface area contributed by atoms with E-state index in [0.717, 1.165) is 0 Å². The lowest BCUT2D eigenvalue weighted by Crippen LogP contribution is -2.19. The van der Waals surface area contributed by atoms with Crippen LogP contribution in [0.15, 0.2) is 23.3 Å². The Kier molecular flexibility index (Phi) is 3.18. The molecule has 0 amide bonds. The number of hydrogen-bond acceptors (Lipinski definition) is 5. The van der Waals surface area contributed by atoms with Crippen LogP contribution < -0.4 is 5.43 Å². The van der Waals surface area contributed by atoms with Gasteiger partial charge in [0.1, 0.15) is 0 Å². The van der Waals surface area contributed by atoms with Crippen molar-refractivity contribution >= 4 is 5.97 Å². The van der Waals surface area contributed by atoms with Crippen LogP contribution in [-0.4, -0.2) is 36.3 Å². The molecule has 2 aromatic rings. The summed E-state index contributed by atoms with van der Waals surface area (Å²) < 4.78 is 1.31. The van der Waals surface area contributed by atoms with Gasteiger partial charge in [-0.15, -0.1) is 5.10 Å². The molecular formula is C10H11N5O3. The standard InChI is InChI=1S/C10H11N5O3/c1-6(10(17)18)5-15-9(12-13-14-15)7-4-11-3-2-8(7)16/h2-4,6H,5H2,1H3,(H,11,16)(H,17,18). The normalized spacial score (nSPS) is 12.3. The molecule has 94 valence electrons. The van der Waals surface area contributed by atoms with Crippen LogP contribution in [0.3, 0.4) is 0 Å². The Hall–Kier alpha value is -2.51. The first-order valence-corrected chi connectivity index (χ1v) is 5.26. The third-order valence-electron chi connectivity index (χ3n) is 2.47. The number of carboxylic acids is 1. The molecule has 0 aromatic carbocycles. The van der Waals surface area contributed by atoms with E-state index in [1.807, 2.05) is 0 Å². The van der Waals surface area contributed by atoms with Crippen LogP contribution in [-0.2, 0) is 11.3 Å². The molecule has 2 heterocycles. The first-order valence-electron chi connectivity index (χ1n) is 5.26. The summed E-state index contributed by atoms with van der Waals surface area (Å²) in [5.74, 6) is -1.33. The molecule has 0 spiro atoms. The van der Waals surface area contributed by atoms with E-state index in [4.69, 9.17) is 5.11 Å². The highest BCUT2D eigenvalue weighted by Gasteiger charge is 2.17. The number of aliphatic carboxylic acids is 1. The minimum atomic E-state index is -0.946. The summed E-state index contributed by atoms with van der Waals surface area (Å²) >= 11 is 0. The quantitative estimate of drug-likeness (QED) is 0.772. The first kappa shape index (κ1) is 12.0. The van der Waals surface area contributed by atoms with E-state index in [1.165, 1.54) is 23.1 Å². The van der Waals surface area contributed by atoms with Crippen molar-refractivity contribution in [3.05, 3.63) is 28.7 Å². The van der Waals surface area contributed by atoms with Gasteiger partial charge in [0.25, 0.3) is 0 Å². The van der Waals surface area contributed by atoms with E-state index in [2.05, 4.69) is 20.5 Å². The summed E-state index contributed by atoms with van der Waals surface area (Å²) in [7, 11) is 0. The van der Waals surface area contributed by atoms with Gasteiger partial charge in [0, 0.05) is 18.5 Å². The molecule has 0 fully saturated rings. The SMILES string of the molecule is CC(Cn1nnnc1-c1c[nH]ccc1=O)C(=O)O. The highest BCUT2D eigenvalue weighted by atomic mass is 16.4. The highest BCUT2D eigenvalue weighted by molar-refractivity contribution is 5.69. The van der Waals surface area contributed by atoms with Gasteiger partial charge in [0.05, 0.1) is 18.0 Å². The molecule has 1 atom stereocenters. The maximum absolute atomic E-state index is 11.6. The van der Waals surface area contributed by atoms with Crippen molar-refractivity contribution in [2.24, 2.45) is 5.92 Å². The number of carbonyl (C=O) groups is 1. The molecule has 0 aliphatic carbocycles. The number of tetrazole rings is 1. The topological polar surface area (TPSA) is 114 Å². The fourth-order valence-electron chi connectivity index (χ4n) is 1.45. The van der Waals surface area contributed by atoms with Crippen LogP contribution in [0, 0.1) is 5.92 Å². The Morgan fingerprint density at radius 1 is 1.61 bits per heavy atom. The number of aromatic nitrogens is 5. The van der Waals surface area contributed by atoms with Gasteiger partial charge in [0.2, 0.25) is 0 Å². The average Bonchev–Trinajstić information content (AvgIpc) is 2.77. The van der Waals surface area contributed by atoms with E-state index >= 15 is 0 Å². The third kappa shape index (κ3) is 2.26. The maximum atomic E-state index is 11.6. The van der Waals surface area contributed by atoms with Crippen LogP contribution in [0.4, 0.5) is 0 Å². The fraction of sp³-hybridized carbons (Fsp3) is 0.300. The second-order valence-electron chi connectivity index (χ2n) is 3.85. The Bertz CT molecular complexity index is 618. The van der Waals surface area contributed by atoms with Crippen molar-refractivity contribution in [3.63, 3.8) is 0 Å². The first-order chi connectivity index (χ1) is 8.59. The van der Waals surface area contributed by atoms with Gasteiger partial charge in [-0.2, -0.15) is 0 Å². The van der Waals surface area contributed by atoms with Crippen molar-refractivity contribution in [1.29, 1.82) is 0 Å².